The van der Waals surface area contributed by atoms with E-state index in [4.69, 9.17) is 10.7 Å². The van der Waals surface area contributed by atoms with Crippen molar-refractivity contribution in [2.75, 3.05) is 4.90 Å². The molecule has 2 N–H and O–H groups in total. The molecule has 0 unspecified atom stereocenters. The van der Waals surface area contributed by atoms with E-state index in [0.29, 0.717) is 12.6 Å². The largest absolute Gasteiger partial charge is 0.349 e. The molecule has 20 heavy (non-hydrogen) atoms. The quantitative estimate of drug-likeness (QED) is 0.905. The Morgan fingerprint density at radius 1 is 1.15 bits per heavy atom. The third kappa shape index (κ3) is 2.99. The monoisotopic (exact) mass is 267 g/mol. The topological polar surface area (TPSA) is 42.1 Å². The van der Waals surface area contributed by atoms with Crippen LogP contribution in [-0.2, 0) is 13.1 Å². The number of aromatic nitrogens is 1. The zero-order valence-corrected chi connectivity index (χ0v) is 11.9. The Hall–Kier alpha value is -1.87. The molecular weight excluding hydrogens is 246 g/mol. The minimum Gasteiger partial charge on any atom is -0.349 e. The molecule has 0 spiro atoms. The zero-order chi connectivity index (χ0) is 13.9. The van der Waals surface area contributed by atoms with Crippen LogP contribution >= 0.6 is 0 Å². The molecule has 2 aromatic rings. The number of rotatable bonds is 5. The number of nitrogens with two attached hydrogens (primary N) is 1. The second-order valence-electron chi connectivity index (χ2n) is 5.52. The smallest absolute Gasteiger partial charge is 0.129 e. The lowest BCUT2D eigenvalue weighted by Gasteiger charge is -2.24. The van der Waals surface area contributed by atoms with Crippen LogP contribution in [-0.4, -0.2) is 11.0 Å². The Morgan fingerprint density at radius 2 is 1.90 bits per heavy atom. The minimum absolute atomic E-state index is 0.570. The van der Waals surface area contributed by atoms with Crippen molar-refractivity contribution in [1.29, 1.82) is 0 Å². The van der Waals surface area contributed by atoms with Crippen LogP contribution in [0.3, 0.4) is 0 Å². The molecule has 1 aliphatic rings. The SMILES string of the molecule is Cc1cc(CN)cc(N(Cc2ccccc2)C2CC2)n1. The zero-order valence-electron chi connectivity index (χ0n) is 11.9. The van der Waals surface area contributed by atoms with E-state index in [0.717, 1.165) is 23.6 Å². The van der Waals surface area contributed by atoms with Crippen LogP contribution in [0.25, 0.3) is 0 Å². The molecule has 0 saturated heterocycles. The van der Waals surface area contributed by atoms with Gasteiger partial charge in [-0.1, -0.05) is 30.3 Å². The van der Waals surface area contributed by atoms with Crippen molar-refractivity contribution in [2.24, 2.45) is 5.73 Å². The van der Waals surface area contributed by atoms with Crippen molar-refractivity contribution in [2.45, 2.75) is 38.9 Å². The first-order valence-electron chi connectivity index (χ1n) is 7.24. The minimum atomic E-state index is 0.570. The Kier molecular flexibility index (Phi) is 3.70. The molecule has 0 amide bonds. The van der Waals surface area contributed by atoms with Gasteiger partial charge in [0.1, 0.15) is 5.82 Å². The number of hydrogen-bond donors (Lipinski definition) is 1. The molecule has 0 bridgehead atoms. The summed E-state index contributed by atoms with van der Waals surface area (Å²) in [5.74, 6) is 1.07. The molecule has 3 nitrogen and oxygen atoms in total. The predicted octanol–water partition coefficient (Wildman–Crippen LogP) is 3.02. The molecule has 104 valence electrons. The highest BCUT2D eigenvalue weighted by Crippen LogP contribution is 2.32. The summed E-state index contributed by atoms with van der Waals surface area (Å²) < 4.78 is 0. The van der Waals surface area contributed by atoms with Gasteiger partial charge in [0.2, 0.25) is 0 Å². The number of anilines is 1. The molecule has 3 heteroatoms. The fourth-order valence-corrected chi connectivity index (χ4v) is 2.55. The first-order valence-corrected chi connectivity index (χ1v) is 7.24. The van der Waals surface area contributed by atoms with Gasteiger partial charge in [-0.2, -0.15) is 0 Å². The maximum atomic E-state index is 5.79. The highest BCUT2D eigenvalue weighted by atomic mass is 15.2. The van der Waals surface area contributed by atoms with Crippen molar-refractivity contribution in [3.8, 4) is 0 Å². The lowest BCUT2D eigenvalue weighted by Crippen LogP contribution is -2.26. The van der Waals surface area contributed by atoms with E-state index >= 15 is 0 Å². The van der Waals surface area contributed by atoms with E-state index in [1.165, 1.54) is 18.4 Å². The molecule has 3 rings (SSSR count). The normalized spacial score (nSPS) is 14.3. The molecular formula is C17H21N3. The Morgan fingerprint density at radius 3 is 2.55 bits per heavy atom. The molecule has 1 aromatic heterocycles. The van der Waals surface area contributed by atoms with Crippen LogP contribution in [0.1, 0.15) is 29.7 Å². The Balaban J connectivity index is 1.89. The first-order chi connectivity index (χ1) is 9.76. The van der Waals surface area contributed by atoms with Gasteiger partial charge in [-0.25, -0.2) is 4.98 Å². The van der Waals surface area contributed by atoms with Crippen LogP contribution < -0.4 is 10.6 Å². The van der Waals surface area contributed by atoms with Gasteiger partial charge in [0.05, 0.1) is 0 Å². The lowest BCUT2D eigenvalue weighted by molar-refractivity contribution is 0.773. The summed E-state index contributed by atoms with van der Waals surface area (Å²) in [6, 6.07) is 15.4. The number of pyridine rings is 1. The molecule has 1 heterocycles. The summed E-state index contributed by atoms with van der Waals surface area (Å²) in [5, 5.41) is 0. The van der Waals surface area contributed by atoms with Crippen LogP contribution in [0.2, 0.25) is 0 Å². The molecule has 1 saturated carbocycles. The van der Waals surface area contributed by atoms with Gasteiger partial charge in [0, 0.05) is 24.8 Å². The maximum absolute atomic E-state index is 5.79. The Labute approximate surface area is 120 Å². The summed E-state index contributed by atoms with van der Waals surface area (Å²) in [7, 11) is 0. The van der Waals surface area contributed by atoms with E-state index in [2.05, 4.69) is 47.4 Å². The third-order valence-electron chi connectivity index (χ3n) is 3.71. The summed E-state index contributed by atoms with van der Waals surface area (Å²) in [6.07, 6.45) is 2.53. The van der Waals surface area contributed by atoms with Crippen molar-refractivity contribution >= 4 is 5.82 Å². The third-order valence-corrected chi connectivity index (χ3v) is 3.71. The molecule has 0 atom stereocenters. The van der Waals surface area contributed by atoms with Crippen LogP contribution in [0, 0.1) is 6.92 Å². The molecule has 1 aliphatic carbocycles. The number of benzene rings is 1. The van der Waals surface area contributed by atoms with Gasteiger partial charge in [-0.3, -0.25) is 0 Å². The fraction of sp³-hybridized carbons (Fsp3) is 0.353. The summed E-state index contributed by atoms with van der Waals surface area (Å²) >= 11 is 0. The first kappa shape index (κ1) is 13.1. The summed E-state index contributed by atoms with van der Waals surface area (Å²) in [4.78, 5) is 7.13. The van der Waals surface area contributed by atoms with E-state index < -0.39 is 0 Å². The van der Waals surface area contributed by atoms with Gasteiger partial charge >= 0.3 is 0 Å². The van der Waals surface area contributed by atoms with E-state index in [1.807, 2.05) is 6.92 Å². The summed E-state index contributed by atoms with van der Waals surface area (Å²) in [5.41, 5.74) is 9.32. The van der Waals surface area contributed by atoms with Gasteiger partial charge in [0.25, 0.3) is 0 Å². The van der Waals surface area contributed by atoms with Crippen LogP contribution in [0.15, 0.2) is 42.5 Å². The van der Waals surface area contributed by atoms with Crippen LogP contribution in [0.5, 0.6) is 0 Å². The number of aryl methyl sites for hydroxylation is 1. The number of hydrogen-bond acceptors (Lipinski definition) is 3. The standard InChI is InChI=1S/C17H21N3/c1-13-9-15(11-18)10-17(19-13)20(16-7-8-16)12-14-5-3-2-4-6-14/h2-6,9-10,16H,7-8,11-12,18H2,1H3. The highest BCUT2D eigenvalue weighted by molar-refractivity contribution is 5.46. The maximum Gasteiger partial charge on any atom is 0.129 e. The van der Waals surface area contributed by atoms with Crippen molar-refractivity contribution in [1.82, 2.24) is 4.98 Å². The van der Waals surface area contributed by atoms with E-state index in [1.54, 1.807) is 0 Å². The highest BCUT2D eigenvalue weighted by Gasteiger charge is 2.30. The number of nitrogens with zero attached hydrogens (tertiary/aromatic N) is 2. The predicted molar refractivity (Wildman–Crippen MR) is 82.5 cm³/mol. The second kappa shape index (κ2) is 5.63. The van der Waals surface area contributed by atoms with Gasteiger partial charge in [0.15, 0.2) is 0 Å². The molecule has 0 radical (unpaired) electrons. The van der Waals surface area contributed by atoms with E-state index in [9.17, 15) is 0 Å². The average molecular weight is 267 g/mol. The Bertz CT molecular complexity index is 576. The molecule has 0 aliphatic heterocycles. The van der Waals surface area contributed by atoms with Gasteiger partial charge in [-0.05, 0) is 43.0 Å². The average Bonchev–Trinajstić information content (AvgIpc) is 3.29. The lowest BCUT2D eigenvalue weighted by atomic mass is 10.2. The van der Waals surface area contributed by atoms with E-state index in [-0.39, 0.29) is 0 Å². The van der Waals surface area contributed by atoms with Crippen molar-refractivity contribution in [3.05, 3.63) is 59.3 Å². The second-order valence-corrected chi connectivity index (χ2v) is 5.52. The summed E-state index contributed by atoms with van der Waals surface area (Å²) in [6.45, 7) is 3.53. The molecule has 1 fully saturated rings. The van der Waals surface area contributed by atoms with Crippen molar-refractivity contribution in [3.63, 3.8) is 0 Å². The van der Waals surface area contributed by atoms with Crippen molar-refractivity contribution < 1.29 is 0 Å². The van der Waals surface area contributed by atoms with Gasteiger partial charge < -0.3 is 10.6 Å². The van der Waals surface area contributed by atoms with Gasteiger partial charge in [-0.15, -0.1) is 0 Å². The molecule has 1 aromatic carbocycles. The fourth-order valence-electron chi connectivity index (χ4n) is 2.55. The van der Waals surface area contributed by atoms with Crippen LogP contribution in [0.4, 0.5) is 5.82 Å².